The van der Waals surface area contributed by atoms with Crippen molar-refractivity contribution in [3.63, 3.8) is 0 Å². The number of anilines is 2. The normalized spacial score (nSPS) is 21.3. The summed E-state index contributed by atoms with van der Waals surface area (Å²) < 4.78 is 0.990. The van der Waals surface area contributed by atoms with Crippen molar-refractivity contribution in [3.8, 4) is 0 Å². The van der Waals surface area contributed by atoms with Crippen molar-refractivity contribution in [2.24, 2.45) is 0 Å². The number of benzene rings is 1. The molecule has 1 unspecified atom stereocenters. The molecule has 1 amide bonds. The second-order valence-corrected chi connectivity index (χ2v) is 9.92. The predicted molar refractivity (Wildman–Crippen MR) is 124 cm³/mol. The number of likely N-dealkylation sites (tertiary alicyclic amines) is 1. The zero-order valence-corrected chi connectivity index (χ0v) is 18.7. The number of nitrogens with one attached hydrogen (secondary N) is 2. The van der Waals surface area contributed by atoms with Crippen LogP contribution >= 0.6 is 23.1 Å². The first-order valence-electron chi connectivity index (χ1n) is 10.3. The highest BCUT2D eigenvalue weighted by Gasteiger charge is 2.30. The number of carbonyl (C=O) groups is 1. The van der Waals surface area contributed by atoms with Crippen molar-refractivity contribution >= 4 is 50.3 Å². The lowest BCUT2D eigenvalue weighted by atomic mass is 10.1. The van der Waals surface area contributed by atoms with E-state index in [-0.39, 0.29) is 5.91 Å². The number of hydrogen-bond donors (Lipinski definition) is 3. The molecule has 2 aliphatic rings. The number of aliphatic hydroxyl groups excluding tert-OH is 1. The van der Waals surface area contributed by atoms with Gasteiger partial charge in [-0.1, -0.05) is 11.3 Å². The van der Waals surface area contributed by atoms with Crippen molar-refractivity contribution in [3.05, 3.63) is 36.2 Å². The third kappa shape index (κ3) is 4.46. The van der Waals surface area contributed by atoms with Gasteiger partial charge >= 0.3 is 0 Å². The summed E-state index contributed by atoms with van der Waals surface area (Å²) in [4.78, 5) is 28.7. The average Bonchev–Trinajstić information content (AvgIpc) is 3.37. The van der Waals surface area contributed by atoms with Crippen LogP contribution in [0.2, 0.25) is 0 Å². The summed E-state index contributed by atoms with van der Waals surface area (Å²) in [7, 11) is 0. The summed E-state index contributed by atoms with van der Waals surface area (Å²) in [5.41, 5.74) is 1.54. The minimum Gasteiger partial charge on any atom is -0.389 e. The molecule has 3 heterocycles. The maximum absolute atomic E-state index is 12.5. The van der Waals surface area contributed by atoms with Crippen LogP contribution in [0.3, 0.4) is 0 Å². The number of β-amino-alcohol motifs (C(OH)–C–C–N with tert-alkyl or cyclic N) is 1. The van der Waals surface area contributed by atoms with E-state index >= 15 is 0 Å². The van der Waals surface area contributed by atoms with Crippen molar-refractivity contribution in [2.45, 2.75) is 42.3 Å². The number of aromatic nitrogens is 3. The Balaban J connectivity index is 1.20. The van der Waals surface area contributed by atoms with Crippen molar-refractivity contribution in [1.82, 2.24) is 19.9 Å². The van der Waals surface area contributed by atoms with Crippen LogP contribution in [0, 0.1) is 0 Å². The molecule has 3 N–H and O–H groups in total. The first-order valence-corrected chi connectivity index (χ1v) is 12.4. The second kappa shape index (κ2) is 8.60. The van der Waals surface area contributed by atoms with E-state index in [1.807, 2.05) is 36.8 Å². The summed E-state index contributed by atoms with van der Waals surface area (Å²) in [6, 6.07) is 6.29. The van der Waals surface area contributed by atoms with E-state index in [0.717, 1.165) is 39.5 Å². The zero-order valence-electron chi connectivity index (χ0n) is 17.1. The fourth-order valence-corrected chi connectivity index (χ4v) is 5.32. The number of rotatable bonds is 6. The van der Waals surface area contributed by atoms with E-state index in [0.29, 0.717) is 36.7 Å². The second-order valence-electron chi connectivity index (χ2n) is 8.01. The highest BCUT2D eigenvalue weighted by atomic mass is 32.2. The number of thioether (sulfide) groups is 1. The van der Waals surface area contributed by atoms with Crippen molar-refractivity contribution in [1.29, 1.82) is 0 Å². The maximum Gasteiger partial charge on any atom is 0.254 e. The lowest BCUT2D eigenvalue weighted by molar-refractivity contribution is 0.00591. The molecule has 5 rings (SSSR count). The van der Waals surface area contributed by atoms with Gasteiger partial charge in [0.1, 0.15) is 0 Å². The monoisotopic (exact) mass is 456 g/mol. The quantitative estimate of drug-likeness (QED) is 0.486. The molecule has 3 aromatic rings. The van der Waals surface area contributed by atoms with Gasteiger partial charge in [-0.2, -0.15) is 0 Å². The van der Waals surface area contributed by atoms with Crippen molar-refractivity contribution < 1.29 is 9.90 Å². The molecule has 31 heavy (non-hydrogen) atoms. The Hall–Kier alpha value is -2.43. The highest BCUT2D eigenvalue weighted by molar-refractivity contribution is 7.98. The molecule has 0 spiro atoms. The van der Waals surface area contributed by atoms with Gasteiger partial charge in [-0.25, -0.2) is 15.0 Å². The van der Waals surface area contributed by atoms with Crippen LogP contribution in [0.4, 0.5) is 11.1 Å². The number of fused-ring (bicyclic) bond motifs is 1. The van der Waals surface area contributed by atoms with Gasteiger partial charge in [-0.3, -0.25) is 4.79 Å². The molecular weight excluding hydrogens is 432 g/mol. The van der Waals surface area contributed by atoms with E-state index < -0.39 is 6.10 Å². The Bertz CT molecular complexity index is 1080. The summed E-state index contributed by atoms with van der Waals surface area (Å²) in [6.45, 7) is 0.825. The molecule has 1 aliphatic carbocycles. The van der Waals surface area contributed by atoms with E-state index in [9.17, 15) is 9.90 Å². The first-order chi connectivity index (χ1) is 15.1. The summed E-state index contributed by atoms with van der Waals surface area (Å²) in [5.74, 6) is 0.642. The number of amides is 1. The van der Waals surface area contributed by atoms with E-state index in [2.05, 4.69) is 20.6 Å². The third-order valence-electron chi connectivity index (χ3n) is 5.74. The third-order valence-corrected chi connectivity index (χ3v) is 7.37. The average molecular weight is 457 g/mol. The molecule has 2 aromatic heterocycles. The topological polar surface area (TPSA) is 103 Å². The van der Waals surface area contributed by atoms with Gasteiger partial charge in [0.25, 0.3) is 5.91 Å². The lowest BCUT2D eigenvalue weighted by Crippen LogP contribution is -2.53. The Kier molecular flexibility index (Phi) is 5.68. The number of nitrogens with zero attached hydrogens (tertiary/aromatic N) is 4. The molecule has 2 fully saturated rings. The predicted octanol–water partition coefficient (Wildman–Crippen LogP) is 3.07. The lowest BCUT2D eigenvalue weighted by Gasteiger charge is -2.35. The molecule has 2 atom stereocenters. The first kappa shape index (κ1) is 20.5. The van der Waals surface area contributed by atoms with Crippen LogP contribution in [-0.2, 0) is 0 Å². The summed E-state index contributed by atoms with van der Waals surface area (Å²) in [5, 5.41) is 17.3. The van der Waals surface area contributed by atoms with Gasteiger partial charge in [0.05, 0.1) is 16.3 Å². The van der Waals surface area contributed by atoms with Crippen LogP contribution in [-0.4, -0.2) is 68.4 Å². The Morgan fingerprint density at radius 1 is 1.19 bits per heavy atom. The molecule has 0 bridgehead atoms. The van der Waals surface area contributed by atoms with Gasteiger partial charge in [0, 0.05) is 48.0 Å². The van der Waals surface area contributed by atoms with Crippen LogP contribution in [0.25, 0.3) is 10.2 Å². The van der Waals surface area contributed by atoms with Gasteiger partial charge in [0.2, 0.25) is 5.95 Å². The molecule has 1 saturated carbocycles. The summed E-state index contributed by atoms with van der Waals surface area (Å²) >= 11 is 3.20. The number of thiazole rings is 1. The van der Waals surface area contributed by atoms with Gasteiger partial charge < -0.3 is 20.6 Å². The minimum absolute atomic E-state index is 0.0346. The maximum atomic E-state index is 12.5. The SMILES string of the molecule is CSc1cnc(N[C@H]2CCC(Nc3nc4ccc(C(=O)N5CC(O)C5)cc4s3)C2)nc1. The van der Waals surface area contributed by atoms with E-state index in [1.54, 1.807) is 28.0 Å². The van der Waals surface area contributed by atoms with Crippen LogP contribution in [0.5, 0.6) is 0 Å². The van der Waals surface area contributed by atoms with Crippen LogP contribution in [0.15, 0.2) is 35.5 Å². The molecule has 1 aromatic carbocycles. The molecule has 1 saturated heterocycles. The fourth-order valence-electron chi connectivity index (χ4n) is 4.02. The zero-order chi connectivity index (χ0) is 21.4. The number of hydrogen-bond acceptors (Lipinski definition) is 9. The molecule has 0 radical (unpaired) electrons. The van der Waals surface area contributed by atoms with E-state index in [1.165, 1.54) is 0 Å². The molecule has 1 aliphatic heterocycles. The molecule has 10 heteroatoms. The fraction of sp³-hybridized carbons (Fsp3) is 0.429. The Labute approximate surface area is 188 Å². The minimum atomic E-state index is -0.391. The highest BCUT2D eigenvalue weighted by Crippen LogP contribution is 2.31. The molecular formula is C21H24N6O2S2. The number of carbonyl (C=O) groups excluding carboxylic acids is 1. The van der Waals surface area contributed by atoms with Gasteiger partial charge in [0.15, 0.2) is 5.13 Å². The molecule has 8 nitrogen and oxygen atoms in total. The summed E-state index contributed by atoms with van der Waals surface area (Å²) in [6.07, 6.45) is 8.39. The molecule has 162 valence electrons. The number of aliphatic hydroxyl groups is 1. The van der Waals surface area contributed by atoms with Gasteiger partial charge in [-0.15, -0.1) is 11.8 Å². The van der Waals surface area contributed by atoms with Crippen LogP contribution in [0.1, 0.15) is 29.6 Å². The Morgan fingerprint density at radius 2 is 1.94 bits per heavy atom. The standard InChI is InChI=1S/C21H24N6O2S2/c1-30-16-8-22-20(23-9-16)24-13-3-4-14(7-13)25-21-26-17-5-2-12(6-18(17)31-21)19(29)27-10-15(28)11-27/h2,5-6,8-9,13-15,28H,3-4,7,10-11H2,1H3,(H,25,26)(H,22,23,24)/t13-,14?/m0/s1. The van der Waals surface area contributed by atoms with Gasteiger partial charge in [-0.05, 0) is 43.7 Å². The van der Waals surface area contributed by atoms with Crippen LogP contribution < -0.4 is 10.6 Å². The Morgan fingerprint density at radius 3 is 2.65 bits per heavy atom. The van der Waals surface area contributed by atoms with E-state index in [4.69, 9.17) is 4.98 Å². The van der Waals surface area contributed by atoms with Crippen molar-refractivity contribution in [2.75, 3.05) is 30.0 Å². The smallest absolute Gasteiger partial charge is 0.254 e. The largest absolute Gasteiger partial charge is 0.389 e.